The number of halogens is 8. The van der Waals surface area contributed by atoms with Gasteiger partial charge in [-0.05, 0) is 55.0 Å². The highest BCUT2D eigenvalue weighted by Gasteiger charge is 2.60. The standard InChI is InChI=1S/C26H16ClF7N6O/c1-13-8-22(38-39(13)12-15-4-7-17(29)9-18(15)27)36-24(41)20-11-23-35-19(14-2-5-16(28)6-3-14)10-21(40(23)37-20)25(30,31)26(32,33)34/h2-11H,12H2,1H3,(H,36,38,41). The van der Waals surface area contributed by atoms with E-state index in [9.17, 15) is 35.5 Å². The molecule has 0 aliphatic rings. The van der Waals surface area contributed by atoms with Gasteiger partial charge in [-0.25, -0.2) is 18.3 Å². The summed E-state index contributed by atoms with van der Waals surface area (Å²) >= 11 is 6.06. The second-order valence-electron chi connectivity index (χ2n) is 8.92. The Balaban J connectivity index is 1.49. The summed E-state index contributed by atoms with van der Waals surface area (Å²) in [5, 5.41) is 10.5. The number of rotatable bonds is 6. The quantitative estimate of drug-likeness (QED) is 0.219. The van der Waals surface area contributed by atoms with E-state index in [-0.39, 0.29) is 33.2 Å². The van der Waals surface area contributed by atoms with Crippen LogP contribution in [0.3, 0.4) is 0 Å². The fourth-order valence-electron chi connectivity index (χ4n) is 3.95. The van der Waals surface area contributed by atoms with Gasteiger partial charge in [-0.15, -0.1) is 0 Å². The molecular formula is C26H16ClF7N6O. The summed E-state index contributed by atoms with van der Waals surface area (Å²) in [7, 11) is 0. The van der Waals surface area contributed by atoms with Gasteiger partial charge in [-0.2, -0.15) is 32.1 Å². The molecule has 1 amide bonds. The lowest BCUT2D eigenvalue weighted by Crippen LogP contribution is -2.36. The summed E-state index contributed by atoms with van der Waals surface area (Å²) in [5.74, 6) is -7.50. The molecule has 5 aromatic rings. The third-order valence-electron chi connectivity index (χ3n) is 6.04. The van der Waals surface area contributed by atoms with E-state index >= 15 is 0 Å². The van der Waals surface area contributed by atoms with Crippen LogP contribution in [-0.4, -0.2) is 36.5 Å². The van der Waals surface area contributed by atoms with E-state index in [0.29, 0.717) is 17.3 Å². The average molecular weight is 597 g/mol. The van der Waals surface area contributed by atoms with E-state index in [2.05, 4.69) is 20.5 Å². The molecule has 0 aliphatic heterocycles. The van der Waals surface area contributed by atoms with Crippen LogP contribution in [0.2, 0.25) is 5.02 Å². The molecule has 3 heterocycles. The van der Waals surface area contributed by atoms with Crippen LogP contribution in [0.15, 0.2) is 60.7 Å². The van der Waals surface area contributed by atoms with Gasteiger partial charge in [0.15, 0.2) is 17.2 Å². The summed E-state index contributed by atoms with van der Waals surface area (Å²) in [6, 6.07) is 11.0. The SMILES string of the molecule is Cc1cc(NC(=O)c2cc3nc(-c4ccc(F)cc4)cc(C(F)(F)C(F)(F)F)n3n2)nn1Cc1ccc(F)cc1Cl. The lowest BCUT2D eigenvalue weighted by Gasteiger charge is -2.21. The lowest BCUT2D eigenvalue weighted by atomic mass is 10.1. The first kappa shape index (κ1) is 28.1. The van der Waals surface area contributed by atoms with Crippen LogP contribution in [0.4, 0.5) is 36.6 Å². The van der Waals surface area contributed by atoms with E-state index in [1.54, 1.807) is 6.92 Å². The maximum absolute atomic E-state index is 14.6. The van der Waals surface area contributed by atoms with Crippen LogP contribution in [0.5, 0.6) is 0 Å². The van der Waals surface area contributed by atoms with Gasteiger partial charge in [-0.3, -0.25) is 9.48 Å². The molecule has 0 unspecified atom stereocenters. The molecule has 5 rings (SSSR count). The van der Waals surface area contributed by atoms with Crippen molar-refractivity contribution < 1.29 is 35.5 Å². The monoisotopic (exact) mass is 596 g/mol. The van der Waals surface area contributed by atoms with Crippen LogP contribution < -0.4 is 5.32 Å². The first-order chi connectivity index (χ1) is 19.2. The van der Waals surface area contributed by atoms with Gasteiger partial charge in [0.05, 0.1) is 12.2 Å². The predicted molar refractivity (Wildman–Crippen MR) is 134 cm³/mol. The highest BCUT2D eigenvalue weighted by atomic mass is 35.5. The van der Waals surface area contributed by atoms with Gasteiger partial charge in [0.2, 0.25) is 0 Å². The molecular weight excluding hydrogens is 581 g/mol. The smallest absolute Gasteiger partial charge is 0.304 e. The molecule has 2 aromatic carbocycles. The fourth-order valence-corrected chi connectivity index (χ4v) is 4.17. The Bertz CT molecular complexity index is 1780. The molecule has 0 radical (unpaired) electrons. The van der Waals surface area contributed by atoms with Gasteiger partial charge in [-0.1, -0.05) is 17.7 Å². The van der Waals surface area contributed by atoms with E-state index in [0.717, 1.165) is 36.4 Å². The molecule has 0 bridgehead atoms. The number of nitrogens with one attached hydrogen (secondary N) is 1. The van der Waals surface area contributed by atoms with E-state index < -0.39 is 46.7 Å². The minimum Gasteiger partial charge on any atom is -0.304 e. The fraction of sp³-hybridized carbons (Fsp3) is 0.154. The Morgan fingerprint density at radius 1 is 0.927 bits per heavy atom. The van der Waals surface area contributed by atoms with Crippen molar-refractivity contribution >= 4 is 29.0 Å². The molecule has 0 atom stereocenters. The van der Waals surface area contributed by atoms with Crippen molar-refractivity contribution in [2.75, 3.05) is 5.32 Å². The van der Waals surface area contributed by atoms with E-state index in [1.807, 2.05) is 0 Å². The van der Waals surface area contributed by atoms with Crippen LogP contribution >= 0.6 is 11.6 Å². The van der Waals surface area contributed by atoms with Crippen LogP contribution in [-0.2, 0) is 12.5 Å². The minimum absolute atomic E-state index is 0.0172. The summed E-state index contributed by atoms with van der Waals surface area (Å²) in [6.45, 7) is 1.79. The number of alkyl halides is 5. The molecule has 3 aromatic heterocycles. The maximum atomic E-state index is 14.6. The molecule has 15 heteroatoms. The summed E-state index contributed by atoms with van der Waals surface area (Å²) in [4.78, 5) is 17.0. The van der Waals surface area contributed by atoms with E-state index in [1.165, 1.54) is 22.9 Å². The van der Waals surface area contributed by atoms with Gasteiger partial charge >= 0.3 is 12.1 Å². The van der Waals surface area contributed by atoms with Crippen LogP contribution in [0.1, 0.15) is 27.4 Å². The molecule has 41 heavy (non-hydrogen) atoms. The minimum atomic E-state index is -5.99. The first-order valence-electron chi connectivity index (χ1n) is 11.6. The Kier molecular flexibility index (Phi) is 6.97. The predicted octanol–water partition coefficient (Wildman–Crippen LogP) is 6.79. The number of carbonyl (C=O) groups is 1. The summed E-state index contributed by atoms with van der Waals surface area (Å²) < 4.78 is 97.6. The van der Waals surface area contributed by atoms with Crippen molar-refractivity contribution in [3.05, 3.63) is 100.0 Å². The zero-order valence-electron chi connectivity index (χ0n) is 20.6. The van der Waals surface area contributed by atoms with Gasteiger partial charge in [0.25, 0.3) is 5.91 Å². The molecule has 1 N–H and O–H groups in total. The molecule has 0 aliphatic carbocycles. The summed E-state index contributed by atoms with van der Waals surface area (Å²) in [6.07, 6.45) is -5.99. The lowest BCUT2D eigenvalue weighted by molar-refractivity contribution is -0.291. The average Bonchev–Trinajstić information content (AvgIpc) is 3.47. The van der Waals surface area contributed by atoms with Gasteiger partial charge in [0.1, 0.15) is 17.3 Å². The molecule has 0 saturated carbocycles. The largest absolute Gasteiger partial charge is 0.459 e. The highest BCUT2D eigenvalue weighted by molar-refractivity contribution is 6.31. The molecule has 0 fully saturated rings. The van der Waals surface area contributed by atoms with Gasteiger partial charge < -0.3 is 5.32 Å². The Morgan fingerprint density at radius 2 is 1.61 bits per heavy atom. The normalized spacial score (nSPS) is 12.2. The topological polar surface area (TPSA) is 77.1 Å². The number of carbonyl (C=O) groups excluding carboxylic acids is 1. The number of hydrogen-bond donors (Lipinski definition) is 1. The van der Waals surface area contributed by atoms with Crippen LogP contribution in [0, 0.1) is 18.6 Å². The van der Waals surface area contributed by atoms with Crippen molar-refractivity contribution in [3.8, 4) is 11.3 Å². The highest BCUT2D eigenvalue weighted by Crippen LogP contribution is 2.44. The van der Waals surface area contributed by atoms with Crippen molar-refractivity contribution in [1.82, 2.24) is 24.4 Å². The van der Waals surface area contributed by atoms with Crippen molar-refractivity contribution in [2.45, 2.75) is 25.6 Å². The number of benzene rings is 2. The summed E-state index contributed by atoms with van der Waals surface area (Å²) in [5.41, 5.74) is -1.76. The number of hydrogen-bond acceptors (Lipinski definition) is 4. The number of aryl methyl sites for hydroxylation is 1. The second-order valence-corrected chi connectivity index (χ2v) is 9.33. The zero-order valence-corrected chi connectivity index (χ0v) is 21.4. The Labute approximate surface area is 231 Å². The number of aromatic nitrogens is 5. The Hall–Kier alpha value is -4.46. The third-order valence-corrected chi connectivity index (χ3v) is 6.39. The molecule has 212 valence electrons. The second kappa shape index (κ2) is 10.2. The molecule has 7 nitrogen and oxygen atoms in total. The maximum Gasteiger partial charge on any atom is 0.459 e. The van der Waals surface area contributed by atoms with Crippen molar-refractivity contribution in [2.24, 2.45) is 0 Å². The van der Waals surface area contributed by atoms with Crippen molar-refractivity contribution in [3.63, 3.8) is 0 Å². The van der Waals surface area contributed by atoms with Gasteiger partial charge in [0, 0.05) is 28.4 Å². The van der Waals surface area contributed by atoms with E-state index in [4.69, 9.17) is 11.6 Å². The zero-order chi connectivity index (χ0) is 29.7. The third kappa shape index (κ3) is 5.46. The van der Waals surface area contributed by atoms with Crippen LogP contribution in [0.25, 0.3) is 16.9 Å². The molecule has 0 saturated heterocycles. The number of fused-ring (bicyclic) bond motifs is 1. The van der Waals surface area contributed by atoms with Crippen molar-refractivity contribution in [1.29, 1.82) is 0 Å². The Morgan fingerprint density at radius 3 is 2.27 bits per heavy atom. The number of amides is 1. The first-order valence-corrected chi connectivity index (χ1v) is 12.0. The number of anilines is 1. The molecule has 0 spiro atoms. The number of nitrogens with zero attached hydrogens (tertiary/aromatic N) is 5.